The van der Waals surface area contributed by atoms with Gasteiger partial charge in [-0.2, -0.15) is 0 Å². The number of hydrogen-bond donors (Lipinski definition) is 2. The number of pyridine rings is 1. The van der Waals surface area contributed by atoms with Crippen molar-refractivity contribution in [2.45, 2.75) is 33.4 Å². The second-order valence-corrected chi connectivity index (χ2v) is 7.05. The van der Waals surface area contributed by atoms with E-state index in [1.807, 2.05) is 35.9 Å². The summed E-state index contributed by atoms with van der Waals surface area (Å²) in [6, 6.07) is 9.65. The lowest BCUT2D eigenvalue weighted by molar-refractivity contribution is -0.140. The Kier molecular flexibility index (Phi) is 5.63. The number of benzene rings is 1. The smallest absolute Gasteiger partial charge is 0.326 e. The van der Waals surface area contributed by atoms with Crippen LogP contribution in [0.25, 0.3) is 5.65 Å². The summed E-state index contributed by atoms with van der Waals surface area (Å²) >= 11 is 0. The van der Waals surface area contributed by atoms with E-state index in [-0.39, 0.29) is 12.5 Å². The Morgan fingerprint density at radius 3 is 2.71 bits per heavy atom. The fraction of sp³-hybridized carbons (Fsp3) is 0.286. The summed E-state index contributed by atoms with van der Waals surface area (Å²) in [5, 5.41) is 11.8. The molecule has 0 aliphatic carbocycles. The Labute approximate surface area is 163 Å². The highest BCUT2D eigenvalue weighted by Gasteiger charge is 2.24. The predicted molar refractivity (Wildman–Crippen MR) is 104 cm³/mol. The van der Waals surface area contributed by atoms with Crippen LogP contribution in [0.3, 0.4) is 0 Å². The number of aromatic nitrogens is 2. The first-order valence-electron chi connectivity index (χ1n) is 9.04. The molecule has 7 nitrogen and oxygen atoms in total. The molecule has 1 amide bonds. The van der Waals surface area contributed by atoms with Gasteiger partial charge in [-0.1, -0.05) is 26.0 Å². The van der Waals surface area contributed by atoms with E-state index in [2.05, 4.69) is 10.3 Å². The molecule has 0 aliphatic rings. The van der Waals surface area contributed by atoms with Crippen LogP contribution in [0.5, 0.6) is 5.75 Å². The normalized spacial score (nSPS) is 12.1. The third kappa shape index (κ3) is 4.49. The molecule has 0 saturated carbocycles. The van der Waals surface area contributed by atoms with Crippen LogP contribution < -0.4 is 10.1 Å². The summed E-state index contributed by atoms with van der Waals surface area (Å²) < 4.78 is 7.71. The maximum absolute atomic E-state index is 12.4. The molecule has 28 heavy (non-hydrogen) atoms. The Bertz CT molecular complexity index is 1010. The number of rotatable bonds is 7. The lowest BCUT2D eigenvalue weighted by Gasteiger charge is -2.18. The summed E-state index contributed by atoms with van der Waals surface area (Å²) in [4.78, 5) is 28.2. The number of hydrogen-bond acceptors (Lipinski definition) is 4. The lowest BCUT2D eigenvalue weighted by atomic mass is 10.0. The number of aryl methyl sites for hydroxylation is 1. The molecule has 1 atom stereocenters. The number of nitrogens with one attached hydrogen (secondary N) is 1. The zero-order chi connectivity index (χ0) is 20.3. The molecule has 0 radical (unpaired) electrons. The highest BCUT2D eigenvalue weighted by molar-refractivity contribution is 5.96. The van der Waals surface area contributed by atoms with Gasteiger partial charge in [-0.3, -0.25) is 4.79 Å². The Morgan fingerprint density at radius 2 is 2.00 bits per heavy atom. The summed E-state index contributed by atoms with van der Waals surface area (Å²) in [6.07, 6.45) is 3.89. The average Bonchev–Trinajstić information content (AvgIpc) is 3.06. The lowest BCUT2D eigenvalue weighted by Crippen LogP contribution is -2.44. The van der Waals surface area contributed by atoms with Gasteiger partial charge in [0, 0.05) is 18.0 Å². The number of carboxylic acids is 1. The van der Waals surface area contributed by atoms with E-state index >= 15 is 0 Å². The minimum atomic E-state index is -1.06. The van der Waals surface area contributed by atoms with E-state index < -0.39 is 17.9 Å². The van der Waals surface area contributed by atoms with E-state index in [9.17, 15) is 14.7 Å². The first-order chi connectivity index (χ1) is 13.3. The van der Waals surface area contributed by atoms with Crippen molar-refractivity contribution in [2.24, 2.45) is 5.92 Å². The molecule has 0 spiro atoms. The van der Waals surface area contributed by atoms with Crippen molar-refractivity contribution in [1.29, 1.82) is 0 Å². The first kappa shape index (κ1) is 19.4. The SMILES string of the molecule is Cc1ccc2nc(COc3cccc(C(=O)N[C@H](C(=O)O)C(C)C)c3)cn2c1. The van der Waals surface area contributed by atoms with Crippen LogP contribution in [0.15, 0.2) is 48.8 Å². The van der Waals surface area contributed by atoms with Crippen LogP contribution in [0, 0.1) is 12.8 Å². The summed E-state index contributed by atoms with van der Waals surface area (Å²) in [7, 11) is 0. The van der Waals surface area contributed by atoms with Crippen molar-refractivity contribution in [3.05, 3.63) is 65.6 Å². The number of aliphatic carboxylic acids is 1. The Balaban J connectivity index is 1.68. The van der Waals surface area contributed by atoms with Gasteiger partial charge in [0.2, 0.25) is 0 Å². The van der Waals surface area contributed by atoms with Crippen LogP contribution >= 0.6 is 0 Å². The van der Waals surface area contributed by atoms with Gasteiger partial charge >= 0.3 is 5.97 Å². The highest BCUT2D eigenvalue weighted by Crippen LogP contribution is 2.16. The van der Waals surface area contributed by atoms with Gasteiger partial charge in [-0.15, -0.1) is 0 Å². The topological polar surface area (TPSA) is 92.9 Å². The molecule has 0 fully saturated rings. The van der Waals surface area contributed by atoms with E-state index in [1.54, 1.807) is 38.1 Å². The average molecular weight is 381 g/mol. The van der Waals surface area contributed by atoms with Crippen molar-refractivity contribution in [1.82, 2.24) is 14.7 Å². The van der Waals surface area contributed by atoms with Crippen molar-refractivity contribution >= 4 is 17.5 Å². The van der Waals surface area contributed by atoms with Gasteiger partial charge in [0.05, 0.1) is 5.69 Å². The molecule has 2 aromatic heterocycles. The molecule has 0 unspecified atom stereocenters. The van der Waals surface area contributed by atoms with Gasteiger partial charge in [-0.25, -0.2) is 9.78 Å². The fourth-order valence-electron chi connectivity index (χ4n) is 2.85. The number of carboxylic acid groups (broad SMARTS) is 1. The zero-order valence-corrected chi connectivity index (χ0v) is 16.0. The predicted octanol–water partition coefficient (Wildman–Crippen LogP) is 3.06. The van der Waals surface area contributed by atoms with Gasteiger partial charge < -0.3 is 19.6 Å². The number of imidazole rings is 1. The molecule has 2 heterocycles. The van der Waals surface area contributed by atoms with Crippen molar-refractivity contribution < 1.29 is 19.4 Å². The standard InChI is InChI=1S/C21H23N3O4/c1-13(2)19(21(26)27)23-20(25)15-5-4-6-17(9-15)28-12-16-11-24-10-14(3)7-8-18(24)22-16/h4-11,13,19H,12H2,1-3H3,(H,23,25)(H,26,27)/t19-/m0/s1. The number of amides is 1. The van der Waals surface area contributed by atoms with Crippen molar-refractivity contribution in [3.8, 4) is 5.75 Å². The second-order valence-electron chi connectivity index (χ2n) is 7.05. The molecule has 3 rings (SSSR count). The Hall–Kier alpha value is -3.35. The monoisotopic (exact) mass is 381 g/mol. The molecule has 0 aliphatic heterocycles. The van der Waals surface area contributed by atoms with E-state index in [0.29, 0.717) is 11.3 Å². The Morgan fingerprint density at radius 1 is 1.21 bits per heavy atom. The molecule has 146 valence electrons. The largest absolute Gasteiger partial charge is 0.487 e. The molecule has 0 bridgehead atoms. The first-order valence-corrected chi connectivity index (χ1v) is 9.04. The second kappa shape index (κ2) is 8.12. The summed E-state index contributed by atoms with van der Waals surface area (Å²) in [6.45, 7) is 5.76. The van der Waals surface area contributed by atoms with Crippen molar-refractivity contribution in [2.75, 3.05) is 0 Å². The minimum Gasteiger partial charge on any atom is -0.487 e. The summed E-state index contributed by atoms with van der Waals surface area (Å²) in [5.74, 6) is -1.22. The number of fused-ring (bicyclic) bond motifs is 1. The highest BCUT2D eigenvalue weighted by atomic mass is 16.5. The molecular formula is C21H23N3O4. The minimum absolute atomic E-state index is 0.223. The van der Waals surface area contributed by atoms with Gasteiger partial charge in [0.25, 0.3) is 5.91 Å². The van der Waals surface area contributed by atoms with Crippen molar-refractivity contribution in [3.63, 3.8) is 0 Å². The molecular weight excluding hydrogens is 358 g/mol. The maximum atomic E-state index is 12.4. The van der Waals surface area contributed by atoms with Crippen LogP contribution in [0.1, 0.15) is 35.5 Å². The van der Waals surface area contributed by atoms with Crippen LogP contribution in [0.2, 0.25) is 0 Å². The van der Waals surface area contributed by atoms with Crippen LogP contribution in [-0.4, -0.2) is 32.4 Å². The molecule has 0 saturated heterocycles. The molecule has 3 aromatic rings. The fourth-order valence-corrected chi connectivity index (χ4v) is 2.85. The molecule has 2 N–H and O–H groups in total. The number of carbonyl (C=O) groups excluding carboxylic acids is 1. The third-order valence-electron chi connectivity index (χ3n) is 4.35. The quantitative estimate of drug-likeness (QED) is 0.656. The van der Waals surface area contributed by atoms with E-state index in [4.69, 9.17) is 4.74 Å². The number of carbonyl (C=O) groups is 2. The van der Waals surface area contributed by atoms with E-state index in [0.717, 1.165) is 16.9 Å². The van der Waals surface area contributed by atoms with E-state index in [1.165, 1.54) is 0 Å². The third-order valence-corrected chi connectivity index (χ3v) is 4.35. The zero-order valence-electron chi connectivity index (χ0n) is 16.0. The molecule has 1 aromatic carbocycles. The summed E-state index contributed by atoms with van der Waals surface area (Å²) in [5.41, 5.74) is 3.09. The van der Waals surface area contributed by atoms with Gasteiger partial charge in [-0.05, 0) is 42.7 Å². The van der Waals surface area contributed by atoms with Gasteiger partial charge in [0.15, 0.2) is 0 Å². The van der Waals surface area contributed by atoms with Crippen LogP contribution in [0.4, 0.5) is 0 Å². The molecule has 7 heteroatoms. The maximum Gasteiger partial charge on any atom is 0.326 e. The van der Waals surface area contributed by atoms with Gasteiger partial charge in [0.1, 0.15) is 24.0 Å². The number of nitrogens with zero attached hydrogens (tertiary/aromatic N) is 2. The number of ether oxygens (including phenoxy) is 1. The van der Waals surface area contributed by atoms with Crippen LogP contribution in [-0.2, 0) is 11.4 Å².